The van der Waals surface area contributed by atoms with Crippen molar-refractivity contribution in [1.29, 1.82) is 0 Å². The van der Waals surface area contributed by atoms with Crippen molar-refractivity contribution in [3.8, 4) is 16.9 Å². The topological polar surface area (TPSA) is 64.1 Å². The molecular formula is C17H13N3O2S. The van der Waals surface area contributed by atoms with Crippen LogP contribution < -0.4 is 10.1 Å². The van der Waals surface area contributed by atoms with E-state index in [2.05, 4.69) is 15.3 Å². The smallest absolute Gasteiger partial charge is 0.251 e. The van der Waals surface area contributed by atoms with Crippen LogP contribution in [0.3, 0.4) is 0 Å². The molecule has 5 nitrogen and oxygen atoms in total. The molecule has 1 aliphatic heterocycles. The lowest BCUT2D eigenvalue weighted by Gasteiger charge is -2.20. The average Bonchev–Trinajstić information content (AvgIpc) is 3.12. The van der Waals surface area contributed by atoms with Crippen LogP contribution in [0.1, 0.15) is 20.9 Å². The Morgan fingerprint density at radius 2 is 2.22 bits per heavy atom. The van der Waals surface area contributed by atoms with Gasteiger partial charge >= 0.3 is 0 Å². The van der Waals surface area contributed by atoms with Gasteiger partial charge in [0.2, 0.25) is 0 Å². The maximum Gasteiger partial charge on any atom is 0.251 e. The number of benzene rings is 1. The number of carbonyl (C=O) groups excluding carboxylic acids is 1. The van der Waals surface area contributed by atoms with Crippen LogP contribution in [0, 0.1) is 0 Å². The summed E-state index contributed by atoms with van der Waals surface area (Å²) in [4.78, 5) is 20.5. The van der Waals surface area contributed by atoms with Gasteiger partial charge in [0.15, 0.2) is 0 Å². The summed E-state index contributed by atoms with van der Waals surface area (Å²) in [6, 6.07) is 7.50. The summed E-state index contributed by atoms with van der Waals surface area (Å²) in [6.07, 6.45) is 5.31. The molecule has 3 heterocycles. The number of aromatic nitrogens is 2. The third-order valence-corrected chi connectivity index (χ3v) is 4.48. The number of carbonyl (C=O) groups is 1. The number of pyridine rings is 1. The Hall–Kier alpha value is -2.73. The van der Waals surface area contributed by atoms with Crippen molar-refractivity contribution in [2.45, 2.75) is 13.2 Å². The van der Waals surface area contributed by atoms with Gasteiger partial charge in [-0.1, -0.05) is 0 Å². The second-order valence-corrected chi connectivity index (χ2v) is 6.12. The molecule has 0 saturated carbocycles. The van der Waals surface area contributed by atoms with E-state index < -0.39 is 0 Å². The summed E-state index contributed by atoms with van der Waals surface area (Å²) in [6.45, 7) is 0.906. The standard InChI is InChI=1S/C17H13N3O2S/c21-17(20-9-16-19-5-6-23-16)11-1-2-14-13-3-4-18-8-12(13)10-22-15(14)7-11/h1-8H,9-10H2,(H,20,21). The third kappa shape index (κ3) is 2.68. The first-order chi connectivity index (χ1) is 11.3. The van der Waals surface area contributed by atoms with Crippen LogP contribution in [0.4, 0.5) is 0 Å². The highest BCUT2D eigenvalue weighted by molar-refractivity contribution is 7.09. The lowest BCUT2D eigenvalue weighted by atomic mass is 9.97. The zero-order chi connectivity index (χ0) is 15.6. The van der Waals surface area contributed by atoms with Crippen LogP contribution in [-0.4, -0.2) is 15.9 Å². The first kappa shape index (κ1) is 13.9. The molecule has 1 N–H and O–H groups in total. The molecule has 1 amide bonds. The summed E-state index contributed by atoms with van der Waals surface area (Å²) in [5, 5.41) is 5.64. The van der Waals surface area contributed by atoms with Gasteiger partial charge in [-0.3, -0.25) is 9.78 Å². The number of nitrogens with one attached hydrogen (secondary N) is 1. The molecular weight excluding hydrogens is 310 g/mol. The number of fused-ring (bicyclic) bond motifs is 3. The van der Waals surface area contributed by atoms with Crippen LogP contribution in [0.5, 0.6) is 5.75 Å². The van der Waals surface area contributed by atoms with Crippen LogP contribution in [0.25, 0.3) is 11.1 Å². The molecule has 0 bridgehead atoms. The Bertz CT molecular complexity index is 862. The first-order valence-corrected chi connectivity index (χ1v) is 8.06. The fourth-order valence-corrected chi connectivity index (χ4v) is 3.12. The van der Waals surface area contributed by atoms with Gasteiger partial charge in [-0.25, -0.2) is 4.98 Å². The van der Waals surface area contributed by atoms with E-state index >= 15 is 0 Å². The molecule has 0 unspecified atom stereocenters. The zero-order valence-electron chi connectivity index (χ0n) is 12.2. The summed E-state index contributed by atoms with van der Waals surface area (Å²) in [7, 11) is 0. The monoisotopic (exact) mass is 323 g/mol. The molecule has 2 aromatic heterocycles. The third-order valence-electron chi connectivity index (χ3n) is 3.70. The second-order valence-electron chi connectivity index (χ2n) is 5.14. The number of nitrogens with zero attached hydrogens (tertiary/aromatic N) is 2. The Morgan fingerprint density at radius 1 is 1.26 bits per heavy atom. The van der Waals surface area contributed by atoms with E-state index in [-0.39, 0.29) is 5.91 Å². The molecule has 23 heavy (non-hydrogen) atoms. The summed E-state index contributed by atoms with van der Waals surface area (Å²) in [5.41, 5.74) is 3.74. The zero-order valence-corrected chi connectivity index (χ0v) is 13.0. The fraction of sp³-hybridized carbons (Fsp3) is 0.118. The molecule has 0 aliphatic carbocycles. The van der Waals surface area contributed by atoms with Crippen molar-refractivity contribution >= 4 is 17.2 Å². The quantitative estimate of drug-likeness (QED) is 0.805. The average molecular weight is 323 g/mol. The van der Waals surface area contributed by atoms with Crippen LogP contribution in [0.15, 0.2) is 48.2 Å². The molecule has 4 rings (SSSR count). The maximum absolute atomic E-state index is 12.3. The fourth-order valence-electron chi connectivity index (χ4n) is 2.56. The van der Waals surface area contributed by atoms with Gasteiger partial charge in [0.05, 0.1) is 6.54 Å². The van der Waals surface area contributed by atoms with E-state index in [4.69, 9.17) is 4.74 Å². The van der Waals surface area contributed by atoms with Crippen molar-refractivity contribution in [2.24, 2.45) is 0 Å². The summed E-state index contributed by atoms with van der Waals surface area (Å²) in [5.74, 6) is 0.595. The maximum atomic E-state index is 12.3. The Labute approximate surface area is 137 Å². The SMILES string of the molecule is O=C(NCc1nccs1)c1ccc2c(c1)OCc1cnccc1-2. The number of ether oxygens (including phenoxy) is 1. The molecule has 0 atom stereocenters. The van der Waals surface area contributed by atoms with E-state index in [1.807, 2.05) is 29.8 Å². The minimum Gasteiger partial charge on any atom is -0.488 e. The van der Waals surface area contributed by atoms with Crippen molar-refractivity contribution < 1.29 is 9.53 Å². The van der Waals surface area contributed by atoms with E-state index in [9.17, 15) is 4.79 Å². The van der Waals surface area contributed by atoms with E-state index in [1.54, 1.807) is 18.5 Å². The summed E-state index contributed by atoms with van der Waals surface area (Å²) >= 11 is 1.52. The van der Waals surface area contributed by atoms with Gasteiger partial charge in [0.1, 0.15) is 17.4 Å². The molecule has 0 radical (unpaired) electrons. The molecule has 0 fully saturated rings. The Morgan fingerprint density at radius 3 is 3.09 bits per heavy atom. The predicted octanol–water partition coefficient (Wildman–Crippen LogP) is 3.03. The Kier molecular flexibility index (Phi) is 3.51. The first-order valence-electron chi connectivity index (χ1n) is 7.18. The van der Waals surface area contributed by atoms with Gasteiger partial charge in [-0.05, 0) is 29.8 Å². The van der Waals surface area contributed by atoms with E-state index in [0.29, 0.717) is 18.7 Å². The largest absolute Gasteiger partial charge is 0.488 e. The lowest BCUT2D eigenvalue weighted by Crippen LogP contribution is -2.22. The van der Waals surface area contributed by atoms with Gasteiger partial charge in [0.25, 0.3) is 5.91 Å². The highest BCUT2D eigenvalue weighted by atomic mass is 32.1. The molecule has 0 saturated heterocycles. The van der Waals surface area contributed by atoms with E-state index in [1.165, 1.54) is 11.3 Å². The lowest BCUT2D eigenvalue weighted by molar-refractivity contribution is 0.0950. The van der Waals surface area contributed by atoms with Crippen LogP contribution >= 0.6 is 11.3 Å². The highest BCUT2D eigenvalue weighted by Crippen LogP contribution is 2.37. The van der Waals surface area contributed by atoms with Crippen molar-refractivity contribution in [3.05, 3.63) is 64.4 Å². The summed E-state index contributed by atoms with van der Waals surface area (Å²) < 4.78 is 5.76. The van der Waals surface area contributed by atoms with Gasteiger partial charge in [-0.2, -0.15) is 0 Å². The number of thiazole rings is 1. The molecule has 6 heteroatoms. The van der Waals surface area contributed by atoms with Crippen LogP contribution in [-0.2, 0) is 13.2 Å². The predicted molar refractivity (Wildman–Crippen MR) is 87.3 cm³/mol. The van der Waals surface area contributed by atoms with Crippen molar-refractivity contribution in [1.82, 2.24) is 15.3 Å². The number of hydrogen-bond acceptors (Lipinski definition) is 5. The molecule has 1 aliphatic rings. The van der Waals surface area contributed by atoms with Gasteiger partial charge in [-0.15, -0.1) is 11.3 Å². The van der Waals surface area contributed by atoms with Crippen molar-refractivity contribution in [3.63, 3.8) is 0 Å². The molecule has 0 spiro atoms. The minimum absolute atomic E-state index is 0.132. The van der Waals surface area contributed by atoms with E-state index in [0.717, 1.165) is 27.4 Å². The van der Waals surface area contributed by atoms with Crippen LogP contribution in [0.2, 0.25) is 0 Å². The number of rotatable bonds is 3. The van der Waals surface area contributed by atoms with Gasteiger partial charge < -0.3 is 10.1 Å². The Balaban J connectivity index is 1.57. The number of hydrogen-bond donors (Lipinski definition) is 1. The molecule has 114 valence electrons. The number of amides is 1. The molecule has 3 aromatic rings. The second kappa shape index (κ2) is 5.81. The minimum atomic E-state index is -0.132. The normalized spacial score (nSPS) is 12.0. The van der Waals surface area contributed by atoms with Gasteiger partial charge in [0, 0.05) is 40.7 Å². The highest BCUT2D eigenvalue weighted by Gasteiger charge is 2.19. The molecule has 1 aromatic carbocycles. The van der Waals surface area contributed by atoms with Crippen molar-refractivity contribution in [2.75, 3.05) is 0 Å².